The summed E-state index contributed by atoms with van der Waals surface area (Å²) in [6.45, 7) is 3.30. The van der Waals surface area contributed by atoms with Gasteiger partial charge in [-0.05, 0) is 32.3 Å². The second kappa shape index (κ2) is 4.04. The third-order valence-corrected chi connectivity index (χ3v) is 3.43. The van der Waals surface area contributed by atoms with Gasteiger partial charge < -0.3 is 9.84 Å². The van der Waals surface area contributed by atoms with E-state index in [1.807, 2.05) is 30.3 Å². The minimum atomic E-state index is -1.32. The number of aliphatic hydroxyl groups is 1. The van der Waals surface area contributed by atoms with Crippen molar-refractivity contribution in [2.75, 3.05) is 0 Å². The van der Waals surface area contributed by atoms with Crippen molar-refractivity contribution >= 4 is 6.09 Å². The first kappa shape index (κ1) is 11.9. The van der Waals surface area contributed by atoms with Crippen molar-refractivity contribution in [1.29, 1.82) is 0 Å². The van der Waals surface area contributed by atoms with E-state index in [0.29, 0.717) is 6.42 Å². The topological polar surface area (TPSA) is 58.6 Å². The van der Waals surface area contributed by atoms with Gasteiger partial charge in [0.1, 0.15) is 0 Å². The highest BCUT2D eigenvalue weighted by molar-refractivity contribution is 5.71. The molecule has 1 fully saturated rings. The molecule has 4 heteroatoms. The molecule has 0 aliphatic carbocycles. The number of hydrogen-bond donors (Lipinski definition) is 2. The number of carbonyl (C=O) groups is 1. The van der Waals surface area contributed by atoms with Crippen LogP contribution in [0, 0.1) is 0 Å². The third-order valence-electron chi connectivity index (χ3n) is 3.43. The zero-order chi connectivity index (χ0) is 12.5. The predicted molar refractivity (Wildman–Crippen MR) is 63.4 cm³/mol. The molecule has 1 aromatic rings. The molecule has 0 radical (unpaired) electrons. The van der Waals surface area contributed by atoms with E-state index in [2.05, 4.69) is 5.32 Å². The SMILES string of the molecule is C[C@]1(CCc2ccccc2)OC(=O)N[C@@]1(C)O. The van der Waals surface area contributed by atoms with Crippen molar-refractivity contribution in [3.63, 3.8) is 0 Å². The fourth-order valence-electron chi connectivity index (χ4n) is 1.98. The molecule has 0 spiro atoms. The lowest BCUT2D eigenvalue weighted by atomic mass is 9.88. The first-order valence-corrected chi connectivity index (χ1v) is 5.70. The first-order chi connectivity index (χ1) is 7.93. The van der Waals surface area contributed by atoms with Gasteiger partial charge in [-0.1, -0.05) is 30.3 Å². The van der Waals surface area contributed by atoms with Crippen LogP contribution in [0.5, 0.6) is 0 Å². The Morgan fingerprint density at radius 3 is 2.47 bits per heavy atom. The molecule has 1 aromatic carbocycles. The summed E-state index contributed by atoms with van der Waals surface area (Å²) in [6.07, 6.45) is 0.760. The highest BCUT2D eigenvalue weighted by atomic mass is 16.6. The Kier molecular flexibility index (Phi) is 2.83. The number of hydrogen-bond acceptors (Lipinski definition) is 3. The van der Waals surface area contributed by atoms with Gasteiger partial charge >= 0.3 is 6.09 Å². The largest absolute Gasteiger partial charge is 0.438 e. The normalized spacial score (nSPS) is 32.1. The van der Waals surface area contributed by atoms with Gasteiger partial charge in [-0.15, -0.1) is 0 Å². The van der Waals surface area contributed by atoms with E-state index in [4.69, 9.17) is 4.74 Å². The average Bonchev–Trinajstić information content (AvgIpc) is 2.46. The van der Waals surface area contributed by atoms with Crippen molar-refractivity contribution < 1.29 is 14.6 Å². The van der Waals surface area contributed by atoms with E-state index in [9.17, 15) is 9.90 Å². The summed E-state index contributed by atoms with van der Waals surface area (Å²) in [4.78, 5) is 11.2. The maximum absolute atomic E-state index is 11.2. The molecule has 0 saturated carbocycles. The molecule has 4 nitrogen and oxygen atoms in total. The third kappa shape index (κ3) is 2.26. The average molecular weight is 235 g/mol. The molecule has 1 aliphatic heterocycles. The molecule has 92 valence electrons. The Bertz CT molecular complexity index is 416. The standard InChI is InChI=1S/C13H17NO3/c1-12(13(2,16)14-11(15)17-12)9-8-10-6-4-3-5-7-10/h3-7,16H,8-9H2,1-2H3,(H,14,15)/t12-,13+/m1/s1. The lowest BCUT2D eigenvalue weighted by Crippen LogP contribution is -2.53. The summed E-state index contributed by atoms with van der Waals surface area (Å²) in [5.41, 5.74) is -1.05. The molecule has 1 amide bonds. The van der Waals surface area contributed by atoms with Gasteiger partial charge in [-0.3, -0.25) is 5.32 Å². The van der Waals surface area contributed by atoms with E-state index >= 15 is 0 Å². The number of carbonyl (C=O) groups excluding carboxylic acids is 1. The number of nitrogens with one attached hydrogen (secondary N) is 1. The van der Waals surface area contributed by atoms with Gasteiger partial charge in [-0.2, -0.15) is 0 Å². The van der Waals surface area contributed by atoms with Crippen LogP contribution in [0.1, 0.15) is 25.8 Å². The summed E-state index contributed by atoms with van der Waals surface area (Å²) in [5.74, 6) is 0. The molecule has 2 atom stereocenters. The molecule has 1 aliphatic rings. The summed E-state index contributed by atoms with van der Waals surface area (Å²) in [5, 5.41) is 12.5. The van der Waals surface area contributed by atoms with Crippen molar-refractivity contribution in [3.05, 3.63) is 35.9 Å². The van der Waals surface area contributed by atoms with Crippen LogP contribution in [0.15, 0.2) is 30.3 Å². The molecule has 1 heterocycles. The minimum absolute atomic E-state index is 0.564. The molecule has 0 unspecified atom stereocenters. The van der Waals surface area contributed by atoms with Crippen molar-refractivity contribution in [3.8, 4) is 0 Å². The Labute approximate surface area is 101 Å². The van der Waals surface area contributed by atoms with Crippen molar-refractivity contribution in [2.24, 2.45) is 0 Å². The zero-order valence-electron chi connectivity index (χ0n) is 10.1. The number of alkyl carbamates (subject to hydrolysis) is 1. The fourth-order valence-corrected chi connectivity index (χ4v) is 1.98. The highest BCUT2D eigenvalue weighted by Gasteiger charge is 2.53. The second-order valence-electron chi connectivity index (χ2n) is 4.80. The monoisotopic (exact) mass is 235 g/mol. The van der Waals surface area contributed by atoms with E-state index in [1.165, 1.54) is 0 Å². The van der Waals surface area contributed by atoms with Gasteiger partial charge in [-0.25, -0.2) is 4.79 Å². The number of rotatable bonds is 3. The summed E-state index contributed by atoms with van der Waals surface area (Å²) in [7, 11) is 0. The Balaban J connectivity index is 2.06. The second-order valence-corrected chi connectivity index (χ2v) is 4.80. The number of cyclic esters (lactones) is 1. The highest BCUT2D eigenvalue weighted by Crippen LogP contribution is 2.33. The van der Waals surface area contributed by atoms with E-state index in [-0.39, 0.29) is 0 Å². The van der Waals surface area contributed by atoms with Gasteiger partial charge in [0.15, 0.2) is 11.3 Å². The van der Waals surface area contributed by atoms with E-state index < -0.39 is 17.4 Å². The van der Waals surface area contributed by atoms with Crippen LogP contribution in [0.4, 0.5) is 4.79 Å². The number of ether oxygens (including phenoxy) is 1. The Hall–Kier alpha value is -1.55. The first-order valence-electron chi connectivity index (χ1n) is 5.70. The molecule has 1 saturated heterocycles. The molecular weight excluding hydrogens is 218 g/mol. The van der Waals surface area contributed by atoms with E-state index in [1.54, 1.807) is 13.8 Å². The van der Waals surface area contributed by atoms with Gasteiger partial charge in [0, 0.05) is 0 Å². The molecule has 17 heavy (non-hydrogen) atoms. The molecule has 0 bridgehead atoms. The van der Waals surface area contributed by atoms with Crippen LogP contribution in [0.25, 0.3) is 0 Å². The fraction of sp³-hybridized carbons (Fsp3) is 0.462. The van der Waals surface area contributed by atoms with E-state index in [0.717, 1.165) is 12.0 Å². The van der Waals surface area contributed by atoms with Crippen LogP contribution in [0.2, 0.25) is 0 Å². The summed E-state index contributed by atoms with van der Waals surface area (Å²) >= 11 is 0. The number of aryl methyl sites for hydroxylation is 1. The quantitative estimate of drug-likeness (QED) is 0.840. The smallest absolute Gasteiger partial charge is 0.410 e. The van der Waals surface area contributed by atoms with Crippen LogP contribution in [-0.4, -0.2) is 22.5 Å². The molecular formula is C13H17NO3. The van der Waals surface area contributed by atoms with Gasteiger partial charge in [0.25, 0.3) is 0 Å². The predicted octanol–water partition coefficient (Wildman–Crippen LogP) is 1.83. The lowest BCUT2D eigenvalue weighted by Gasteiger charge is -2.32. The Morgan fingerprint density at radius 1 is 1.29 bits per heavy atom. The summed E-state index contributed by atoms with van der Waals surface area (Å²) < 4.78 is 5.19. The molecule has 2 N–H and O–H groups in total. The molecule has 2 rings (SSSR count). The van der Waals surface area contributed by atoms with Crippen molar-refractivity contribution in [1.82, 2.24) is 5.32 Å². The Morgan fingerprint density at radius 2 is 1.94 bits per heavy atom. The van der Waals surface area contributed by atoms with Gasteiger partial charge in [0.05, 0.1) is 0 Å². The van der Waals surface area contributed by atoms with Crippen LogP contribution in [-0.2, 0) is 11.2 Å². The minimum Gasteiger partial charge on any atom is -0.438 e. The summed E-state index contributed by atoms with van der Waals surface area (Å²) in [6, 6.07) is 9.92. The van der Waals surface area contributed by atoms with Crippen LogP contribution < -0.4 is 5.32 Å². The number of amides is 1. The van der Waals surface area contributed by atoms with Crippen LogP contribution in [0.3, 0.4) is 0 Å². The van der Waals surface area contributed by atoms with Crippen LogP contribution >= 0.6 is 0 Å². The van der Waals surface area contributed by atoms with Crippen molar-refractivity contribution in [2.45, 2.75) is 38.0 Å². The zero-order valence-corrected chi connectivity index (χ0v) is 10.1. The molecule has 0 aromatic heterocycles. The lowest BCUT2D eigenvalue weighted by molar-refractivity contribution is -0.0976. The maximum Gasteiger partial charge on any atom is 0.410 e. The van der Waals surface area contributed by atoms with Gasteiger partial charge in [0.2, 0.25) is 0 Å². The maximum atomic E-state index is 11.2. The number of benzene rings is 1.